The number of carbonyl (C=O) groups is 1. The van der Waals surface area contributed by atoms with Gasteiger partial charge in [-0.05, 0) is 0 Å². The Hall–Kier alpha value is -0.460. The summed E-state index contributed by atoms with van der Waals surface area (Å²) >= 11 is 0. The van der Waals surface area contributed by atoms with E-state index in [1.54, 1.807) is 21.1 Å². The van der Waals surface area contributed by atoms with E-state index in [4.69, 9.17) is 15.5 Å². The van der Waals surface area contributed by atoms with Gasteiger partial charge in [0.15, 0.2) is 0 Å². The Kier molecular flexibility index (Phi) is 4.45. The minimum atomic E-state index is -4.77. The molecule has 0 amide bonds. The molecule has 0 saturated heterocycles. The molecule has 0 aliphatic carbocycles. The average molecular weight is 240 g/mol. The first-order valence-electron chi connectivity index (χ1n) is 4.27. The lowest BCUT2D eigenvalue weighted by molar-refractivity contribution is -0.871. The van der Waals surface area contributed by atoms with Crippen molar-refractivity contribution in [1.82, 2.24) is 0 Å². The third-order valence-electron chi connectivity index (χ3n) is 1.77. The van der Waals surface area contributed by atoms with Crippen LogP contribution in [0.5, 0.6) is 0 Å². The number of carboxylic acids is 1. The van der Waals surface area contributed by atoms with Crippen LogP contribution in [-0.2, 0) is 9.36 Å². The number of carboxylic acid groups (broad SMARTS) is 1. The molecule has 0 aromatic carbocycles. The summed E-state index contributed by atoms with van der Waals surface area (Å²) in [5.74, 6) is -1.82. The second-order valence-corrected chi connectivity index (χ2v) is 6.22. The molecule has 0 aliphatic rings. The van der Waals surface area contributed by atoms with Crippen LogP contribution in [-0.4, -0.2) is 59.6 Å². The van der Waals surface area contributed by atoms with Crippen LogP contribution < -0.4 is 10.8 Å². The molecule has 0 spiro atoms. The summed E-state index contributed by atoms with van der Waals surface area (Å²) < 4.78 is 11.2. The molecular weight excluding hydrogens is 223 g/mol. The van der Waals surface area contributed by atoms with Crippen LogP contribution in [0.1, 0.15) is 0 Å². The van der Waals surface area contributed by atoms with E-state index in [0.717, 1.165) is 0 Å². The molecule has 4 N–H and O–H groups in total. The summed E-state index contributed by atoms with van der Waals surface area (Å²) in [6.45, 7) is 0.129. The van der Waals surface area contributed by atoms with Crippen LogP contribution in [0.2, 0.25) is 0 Å². The van der Waals surface area contributed by atoms with Gasteiger partial charge < -0.3 is 29.9 Å². The van der Waals surface area contributed by atoms with E-state index in [9.17, 15) is 14.5 Å². The summed E-state index contributed by atoms with van der Waals surface area (Å²) in [6, 6.07) is -1.14. The van der Waals surface area contributed by atoms with E-state index in [0.29, 0.717) is 4.48 Å². The molecule has 0 heterocycles. The predicted octanol–water partition coefficient (Wildman–Crippen LogP) is -2.68. The van der Waals surface area contributed by atoms with Gasteiger partial charge in [0, 0.05) is 0 Å². The van der Waals surface area contributed by atoms with Gasteiger partial charge in [-0.15, -0.1) is 0 Å². The zero-order valence-electron chi connectivity index (χ0n) is 8.95. The maximum absolute atomic E-state index is 10.9. The van der Waals surface area contributed by atoms with Crippen molar-refractivity contribution < 1.29 is 28.7 Å². The summed E-state index contributed by atoms with van der Waals surface area (Å²) in [5.41, 5.74) is 3.51. The molecule has 0 aromatic heterocycles. The Morgan fingerprint density at radius 2 is 1.87 bits per heavy atom. The number of nitrogens with zero attached hydrogens (tertiary/aromatic N) is 1. The molecule has 15 heavy (non-hydrogen) atoms. The Morgan fingerprint density at radius 3 is 2.07 bits per heavy atom. The zero-order chi connectivity index (χ0) is 12.4. The van der Waals surface area contributed by atoms with Gasteiger partial charge in [0.1, 0.15) is 5.66 Å². The van der Waals surface area contributed by atoms with Crippen LogP contribution in [0.25, 0.3) is 0 Å². The first-order chi connectivity index (χ1) is 6.45. The van der Waals surface area contributed by atoms with E-state index in [1.807, 2.05) is 0 Å². The third-order valence-corrected chi connectivity index (χ3v) is 3.09. The molecule has 0 bridgehead atoms. The quantitative estimate of drug-likeness (QED) is 0.355. The molecule has 0 aliphatic heterocycles. The van der Waals surface area contributed by atoms with Crippen molar-refractivity contribution in [2.24, 2.45) is 5.73 Å². The number of aliphatic carboxylic acids is 1. The third kappa shape index (κ3) is 5.25. The second kappa shape index (κ2) is 4.59. The average Bonchev–Trinajstić information content (AvgIpc) is 1.74. The van der Waals surface area contributed by atoms with Crippen LogP contribution in [0.4, 0.5) is 0 Å². The summed E-state index contributed by atoms with van der Waals surface area (Å²) in [6.07, 6.45) is 0. The lowest BCUT2D eigenvalue weighted by Crippen LogP contribution is -2.55. The van der Waals surface area contributed by atoms with Gasteiger partial charge in [-0.25, -0.2) is 0 Å². The number of hydrogen-bond acceptors (Lipinski definition) is 4. The molecule has 8 heteroatoms. The largest absolute Gasteiger partial charge is 0.549 e. The van der Waals surface area contributed by atoms with Gasteiger partial charge in [0.2, 0.25) is 0 Å². The van der Waals surface area contributed by atoms with Crippen molar-refractivity contribution in [2.45, 2.75) is 11.7 Å². The van der Waals surface area contributed by atoms with Crippen LogP contribution >= 0.6 is 7.60 Å². The monoisotopic (exact) mass is 240 g/mol. The van der Waals surface area contributed by atoms with Gasteiger partial charge in [0.25, 0.3) is 0 Å². The first kappa shape index (κ1) is 14.5. The van der Waals surface area contributed by atoms with Crippen molar-refractivity contribution in [3.05, 3.63) is 0 Å². The van der Waals surface area contributed by atoms with E-state index < -0.39 is 25.3 Å². The highest BCUT2D eigenvalue weighted by Crippen LogP contribution is 2.42. The van der Waals surface area contributed by atoms with Crippen LogP contribution in [0.3, 0.4) is 0 Å². The summed E-state index contributed by atoms with van der Waals surface area (Å²) in [5, 5.41) is 10.6. The number of quaternary nitrogens is 1. The van der Waals surface area contributed by atoms with Gasteiger partial charge in [-0.1, -0.05) is 0 Å². The minimum absolute atomic E-state index is 0.129. The highest BCUT2D eigenvalue weighted by molar-refractivity contribution is 7.53. The zero-order valence-corrected chi connectivity index (χ0v) is 9.85. The minimum Gasteiger partial charge on any atom is -0.549 e. The summed E-state index contributed by atoms with van der Waals surface area (Å²) in [4.78, 5) is 28.2. The Labute approximate surface area is 88.2 Å². The molecule has 0 radical (unpaired) electrons. The number of carbonyl (C=O) groups excluding carboxylic acids is 1. The lowest BCUT2D eigenvalue weighted by Gasteiger charge is -2.32. The van der Waals surface area contributed by atoms with Crippen molar-refractivity contribution in [2.75, 3.05) is 27.7 Å². The SMILES string of the molecule is C[N+](C)(C)CC(N)C(C(=O)[O-])P(=O)(O)O. The lowest BCUT2D eigenvalue weighted by atomic mass is 10.2. The number of nitrogens with two attached hydrogens (primary N) is 1. The Bertz CT molecular complexity index is 282. The molecule has 90 valence electrons. The van der Waals surface area contributed by atoms with Crippen molar-refractivity contribution in [1.29, 1.82) is 0 Å². The molecule has 7 nitrogen and oxygen atoms in total. The fraction of sp³-hybridized carbons (Fsp3) is 0.857. The number of likely N-dealkylation sites (N-methyl/N-ethyl adjacent to an activating group) is 1. The molecule has 2 atom stereocenters. The predicted molar refractivity (Wildman–Crippen MR) is 51.7 cm³/mol. The van der Waals surface area contributed by atoms with Crippen molar-refractivity contribution >= 4 is 13.6 Å². The highest BCUT2D eigenvalue weighted by atomic mass is 31.2. The second-order valence-electron chi connectivity index (χ2n) is 4.49. The van der Waals surface area contributed by atoms with Gasteiger partial charge in [-0.3, -0.25) is 4.57 Å². The standard InChI is InChI=1S/C7H17N2O5P/c1-9(2,3)4-5(8)6(7(10)11)15(12,13)14/h5-6H,4,8H2,1-3H3,(H2-,10,11,12,13,14). The highest BCUT2D eigenvalue weighted by Gasteiger charge is 2.38. The fourth-order valence-corrected chi connectivity index (χ4v) is 2.16. The Morgan fingerprint density at radius 1 is 1.47 bits per heavy atom. The normalized spacial score (nSPS) is 17.2. The molecule has 0 saturated carbocycles. The summed E-state index contributed by atoms with van der Waals surface area (Å²) in [7, 11) is 0.455. The molecule has 2 unspecified atom stereocenters. The van der Waals surface area contributed by atoms with Gasteiger partial charge >= 0.3 is 7.60 Å². The van der Waals surface area contributed by atoms with Crippen molar-refractivity contribution in [3.8, 4) is 0 Å². The first-order valence-corrected chi connectivity index (χ1v) is 5.95. The molecule has 0 aromatic rings. The number of rotatable bonds is 5. The van der Waals surface area contributed by atoms with E-state index in [1.165, 1.54) is 0 Å². The molecule has 0 fully saturated rings. The Balaban J connectivity index is 4.82. The smallest absolute Gasteiger partial charge is 0.336 e. The maximum Gasteiger partial charge on any atom is 0.336 e. The molecular formula is C7H17N2O5P. The van der Waals surface area contributed by atoms with Crippen LogP contribution in [0, 0.1) is 0 Å². The molecule has 0 rings (SSSR count). The van der Waals surface area contributed by atoms with Crippen molar-refractivity contribution in [3.63, 3.8) is 0 Å². The van der Waals surface area contributed by atoms with Gasteiger partial charge in [0.05, 0.1) is 39.7 Å². The fourth-order valence-electron chi connectivity index (χ4n) is 1.29. The van der Waals surface area contributed by atoms with E-state index in [-0.39, 0.29) is 6.54 Å². The topological polar surface area (TPSA) is 124 Å². The van der Waals surface area contributed by atoms with E-state index >= 15 is 0 Å². The van der Waals surface area contributed by atoms with Gasteiger partial charge in [-0.2, -0.15) is 0 Å². The maximum atomic E-state index is 10.9. The van der Waals surface area contributed by atoms with E-state index in [2.05, 4.69) is 0 Å². The number of hydrogen-bond donors (Lipinski definition) is 3. The van der Waals surface area contributed by atoms with Crippen LogP contribution in [0.15, 0.2) is 0 Å².